The molecule has 0 aromatic rings. The highest BCUT2D eigenvalue weighted by Crippen LogP contribution is 2.71. The van der Waals surface area contributed by atoms with Gasteiger partial charge in [-0.3, -0.25) is 10.1 Å². The van der Waals surface area contributed by atoms with E-state index in [4.69, 9.17) is 0 Å². The Morgan fingerprint density at radius 2 is 1.79 bits per heavy atom. The number of allylic oxidation sites excluding steroid dienone is 2. The number of carbonyl (C=O) groups is 1. The third kappa shape index (κ3) is 3.53. The lowest BCUT2D eigenvalue weighted by molar-refractivity contribution is -0.270. The van der Waals surface area contributed by atoms with E-state index in [1.54, 1.807) is 0 Å². The minimum atomic E-state index is -0.326. The highest BCUT2D eigenvalue weighted by Gasteiger charge is 2.65. The predicted octanol–water partition coefficient (Wildman–Crippen LogP) is 7.13. The SMILES string of the molecule is C=C(C)[C@@H](CC[C@H](C)[C@@H]1CC[C@]2(C)C3=C(CC[C@@]12C)[C@@]1(C)CC[C@H](O)C(C)(C)[C@@H]1CC3=O)OO. The second kappa shape index (κ2) is 8.56. The molecule has 4 aliphatic carbocycles. The smallest absolute Gasteiger partial charge is 0.159 e. The fourth-order valence-electron chi connectivity index (χ4n) is 9.31. The maximum Gasteiger partial charge on any atom is 0.159 e. The monoisotopic (exact) mass is 472 g/mol. The number of aliphatic hydroxyl groups is 1. The molecular weight excluding hydrogens is 424 g/mol. The summed E-state index contributed by atoms with van der Waals surface area (Å²) in [4.78, 5) is 18.6. The molecule has 0 spiro atoms. The van der Waals surface area contributed by atoms with Crippen LogP contribution >= 0.6 is 0 Å². The van der Waals surface area contributed by atoms with E-state index in [0.717, 1.165) is 56.9 Å². The van der Waals surface area contributed by atoms with Gasteiger partial charge in [0, 0.05) is 17.4 Å². The number of fused-ring (bicyclic) bond motifs is 4. The maximum atomic E-state index is 13.9. The molecule has 2 saturated carbocycles. The largest absolute Gasteiger partial charge is 0.393 e. The van der Waals surface area contributed by atoms with E-state index in [-0.39, 0.29) is 39.8 Å². The number of carbonyl (C=O) groups excluding carboxylic acids is 1. The van der Waals surface area contributed by atoms with E-state index in [9.17, 15) is 15.2 Å². The summed E-state index contributed by atoms with van der Waals surface area (Å²) in [5.41, 5.74) is 3.30. The maximum absolute atomic E-state index is 13.9. The van der Waals surface area contributed by atoms with E-state index in [1.165, 1.54) is 11.1 Å². The van der Waals surface area contributed by atoms with E-state index in [1.807, 2.05) is 6.92 Å². The van der Waals surface area contributed by atoms with Crippen LogP contribution in [0.1, 0.15) is 106 Å². The van der Waals surface area contributed by atoms with Crippen molar-refractivity contribution < 1.29 is 20.0 Å². The zero-order chi connectivity index (χ0) is 25.3. The Morgan fingerprint density at radius 3 is 2.41 bits per heavy atom. The predicted molar refractivity (Wildman–Crippen MR) is 136 cm³/mol. The van der Waals surface area contributed by atoms with Crippen molar-refractivity contribution in [1.82, 2.24) is 0 Å². The fraction of sp³-hybridized carbons (Fsp3) is 0.833. The van der Waals surface area contributed by atoms with Gasteiger partial charge >= 0.3 is 0 Å². The second-order valence-electron chi connectivity index (χ2n) is 13.7. The van der Waals surface area contributed by atoms with Gasteiger partial charge in [-0.15, -0.1) is 0 Å². The first kappa shape index (κ1) is 26.1. The first-order chi connectivity index (χ1) is 15.7. The number of rotatable bonds is 6. The highest BCUT2D eigenvalue weighted by molar-refractivity contribution is 5.99. The van der Waals surface area contributed by atoms with Gasteiger partial charge in [-0.25, -0.2) is 4.89 Å². The molecule has 4 aliphatic rings. The van der Waals surface area contributed by atoms with Crippen molar-refractivity contribution in [2.75, 3.05) is 0 Å². The van der Waals surface area contributed by atoms with Gasteiger partial charge in [-0.1, -0.05) is 53.7 Å². The minimum Gasteiger partial charge on any atom is -0.393 e. The van der Waals surface area contributed by atoms with Crippen molar-refractivity contribution in [1.29, 1.82) is 0 Å². The van der Waals surface area contributed by atoms with E-state index in [0.29, 0.717) is 24.0 Å². The zero-order valence-electron chi connectivity index (χ0n) is 22.7. The van der Waals surface area contributed by atoms with Gasteiger partial charge in [-0.05, 0) is 97.9 Å². The Labute approximate surface area is 207 Å². The van der Waals surface area contributed by atoms with Crippen LogP contribution in [-0.4, -0.2) is 28.4 Å². The van der Waals surface area contributed by atoms with Crippen LogP contribution in [0.15, 0.2) is 23.3 Å². The van der Waals surface area contributed by atoms with E-state index >= 15 is 0 Å². The van der Waals surface area contributed by atoms with Crippen LogP contribution in [0, 0.1) is 39.4 Å². The topological polar surface area (TPSA) is 66.8 Å². The van der Waals surface area contributed by atoms with Crippen molar-refractivity contribution in [2.24, 2.45) is 39.4 Å². The molecule has 0 aromatic carbocycles. The molecule has 0 saturated heterocycles. The van der Waals surface area contributed by atoms with Gasteiger partial charge in [-0.2, -0.15) is 0 Å². The molecule has 0 bridgehead atoms. The molecule has 0 radical (unpaired) electrons. The van der Waals surface area contributed by atoms with Crippen molar-refractivity contribution >= 4 is 5.78 Å². The Kier molecular flexibility index (Phi) is 6.57. The molecule has 0 amide bonds. The molecule has 0 unspecified atom stereocenters. The Hall–Kier alpha value is -0.970. The van der Waals surface area contributed by atoms with Crippen LogP contribution in [0.4, 0.5) is 0 Å². The summed E-state index contributed by atoms with van der Waals surface area (Å²) < 4.78 is 0. The quantitative estimate of drug-likeness (QED) is 0.245. The van der Waals surface area contributed by atoms with Gasteiger partial charge < -0.3 is 5.11 Å². The van der Waals surface area contributed by atoms with Crippen LogP contribution in [0.25, 0.3) is 0 Å². The van der Waals surface area contributed by atoms with Crippen molar-refractivity contribution in [2.45, 2.75) is 118 Å². The molecule has 8 atom stereocenters. The molecule has 192 valence electrons. The zero-order valence-corrected chi connectivity index (χ0v) is 22.7. The lowest BCUT2D eigenvalue weighted by Gasteiger charge is -2.61. The van der Waals surface area contributed by atoms with Crippen LogP contribution in [-0.2, 0) is 9.68 Å². The molecule has 2 N–H and O–H groups in total. The highest BCUT2D eigenvalue weighted by atomic mass is 17.1. The van der Waals surface area contributed by atoms with Crippen LogP contribution in [0.3, 0.4) is 0 Å². The van der Waals surface area contributed by atoms with E-state index in [2.05, 4.69) is 53.0 Å². The second-order valence-corrected chi connectivity index (χ2v) is 13.7. The lowest BCUT2D eigenvalue weighted by Crippen LogP contribution is -2.57. The molecule has 4 rings (SSSR count). The summed E-state index contributed by atoms with van der Waals surface area (Å²) in [6, 6.07) is 0. The summed E-state index contributed by atoms with van der Waals surface area (Å²) in [5.74, 6) is 1.63. The molecule has 0 aliphatic heterocycles. The molecule has 0 aromatic heterocycles. The van der Waals surface area contributed by atoms with Crippen molar-refractivity contribution in [3.8, 4) is 0 Å². The fourth-order valence-corrected chi connectivity index (χ4v) is 9.31. The normalized spacial score (nSPS) is 43.1. The van der Waals surface area contributed by atoms with Crippen molar-refractivity contribution in [3.63, 3.8) is 0 Å². The number of hydrogen-bond acceptors (Lipinski definition) is 4. The summed E-state index contributed by atoms with van der Waals surface area (Å²) in [7, 11) is 0. The standard InChI is InChI=1S/C30H48O4/c1-18(2)23(34-33)10-9-19(3)20-11-16-30(8)26-21(12-15-29(20,30)7)28(6)14-13-25(32)27(4,5)24(28)17-22(26)31/h19-20,23-25,32-33H,1,9-17H2,2-8H3/t19-,20-,23+,24-,25-,28+,29-,30+/m0/s1. The lowest BCUT2D eigenvalue weighted by atomic mass is 9.43. The number of Topliss-reactive ketones (excluding diaryl/α,β-unsaturated/α-hetero) is 1. The minimum absolute atomic E-state index is 0.0210. The van der Waals surface area contributed by atoms with Gasteiger partial charge in [0.15, 0.2) is 5.78 Å². The molecular formula is C30H48O4. The summed E-state index contributed by atoms with van der Waals surface area (Å²) in [5, 5.41) is 20.1. The average molecular weight is 473 g/mol. The van der Waals surface area contributed by atoms with E-state index < -0.39 is 0 Å². The molecule has 4 nitrogen and oxygen atoms in total. The van der Waals surface area contributed by atoms with Gasteiger partial charge in [0.05, 0.1) is 6.10 Å². The van der Waals surface area contributed by atoms with Gasteiger partial charge in [0.2, 0.25) is 0 Å². The Bertz CT molecular complexity index is 886. The average Bonchev–Trinajstić information content (AvgIpc) is 3.04. The van der Waals surface area contributed by atoms with Crippen molar-refractivity contribution in [3.05, 3.63) is 23.3 Å². The Morgan fingerprint density at radius 1 is 1.12 bits per heavy atom. The number of aliphatic hydroxyl groups excluding tert-OH is 1. The first-order valence-electron chi connectivity index (χ1n) is 13.6. The third-order valence-electron chi connectivity index (χ3n) is 11.9. The summed E-state index contributed by atoms with van der Waals surface area (Å²) in [6.07, 6.45) is 7.93. The van der Waals surface area contributed by atoms with Gasteiger partial charge in [0.25, 0.3) is 0 Å². The Balaban J connectivity index is 1.66. The third-order valence-corrected chi connectivity index (χ3v) is 11.9. The van der Waals surface area contributed by atoms with Gasteiger partial charge in [0.1, 0.15) is 6.10 Å². The summed E-state index contributed by atoms with van der Waals surface area (Å²) in [6.45, 7) is 19.8. The van der Waals surface area contributed by atoms with Crippen LogP contribution in [0.2, 0.25) is 0 Å². The van der Waals surface area contributed by atoms with Crippen LogP contribution < -0.4 is 0 Å². The molecule has 0 heterocycles. The summed E-state index contributed by atoms with van der Waals surface area (Å²) >= 11 is 0. The number of hydrogen-bond donors (Lipinski definition) is 2. The first-order valence-corrected chi connectivity index (χ1v) is 13.6. The molecule has 4 heteroatoms. The molecule has 2 fully saturated rings. The van der Waals surface area contributed by atoms with Crippen LogP contribution in [0.5, 0.6) is 0 Å². The number of ketones is 1. The molecule has 34 heavy (non-hydrogen) atoms.